The second-order valence-corrected chi connectivity index (χ2v) is 5.26. The van der Waals surface area contributed by atoms with Crippen molar-refractivity contribution in [3.63, 3.8) is 0 Å². The summed E-state index contributed by atoms with van der Waals surface area (Å²) in [6, 6.07) is 0. The maximum atomic E-state index is 11.6. The monoisotopic (exact) mass is 411 g/mol. The van der Waals surface area contributed by atoms with Crippen LogP contribution in [0.5, 0.6) is 0 Å². The van der Waals surface area contributed by atoms with Gasteiger partial charge in [-0.05, 0) is 12.8 Å². The first-order valence-corrected chi connectivity index (χ1v) is 6.85. The lowest BCUT2D eigenvalue weighted by molar-refractivity contribution is -0.127. The van der Waals surface area contributed by atoms with Gasteiger partial charge in [0, 0.05) is 41.3 Å². The Kier molecular flexibility index (Phi) is 9.31. The van der Waals surface area contributed by atoms with E-state index in [2.05, 4.69) is 15.2 Å². The number of nitrogens with one attached hydrogen (secondary N) is 1. The molecule has 1 saturated heterocycles. The zero-order valence-electron chi connectivity index (χ0n) is 13.3. The van der Waals surface area contributed by atoms with Crippen LogP contribution in [0.2, 0.25) is 0 Å². The number of carbonyl (C=O) groups is 2. The van der Waals surface area contributed by atoms with E-state index in [1.54, 1.807) is 28.2 Å². The van der Waals surface area contributed by atoms with Crippen molar-refractivity contribution in [3.05, 3.63) is 0 Å². The Hall–Kier alpha value is -1.06. The molecule has 7 nitrogen and oxygen atoms in total. The van der Waals surface area contributed by atoms with Crippen LogP contribution in [-0.4, -0.2) is 86.8 Å². The van der Waals surface area contributed by atoms with E-state index in [0.717, 1.165) is 25.9 Å². The van der Waals surface area contributed by atoms with E-state index >= 15 is 0 Å². The Morgan fingerprint density at radius 2 is 1.57 bits per heavy atom. The smallest absolute Gasteiger partial charge is 0.243 e. The van der Waals surface area contributed by atoms with E-state index in [-0.39, 0.29) is 48.9 Å². The highest BCUT2D eigenvalue weighted by molar-refractivity contribution is 14.0. The van der Waals surface area contributed by atoms with Crippen molar-refractivity contribution in [2.45, 2.75) is 12.8 Å². The molecule has 122 valence electrons. The summed E-state index contributed by atoms with van der Waals surface area (Å²) in [5.41, 5.74) is 0. The van der Waals surface area contributed by atoms with Gasteiger partial charge in [0.15, 0.2) is 5.96 Å². The average molecular weight is 411 g/mol. The Morgan fingerprint density at radius 1 is 1.05 bits per heavy atom. The number of rotatable bonds is 4. The van der Waals surface area contributed by atoms with E-state index in [1.807, 2.05) is 0 Å². The number of likely N-dealkylation sites (N-methyl/N-ethyl adjacent to an activating group) is 2. The third-order valence-corrected chi connectivity index (χ3v) is 3.17. The fourth-order valence-electron chi connectivity index (χ4n) is 1.79. The number of carbonyl (C=O) groups excluding carboxylic acids is 2. The molecule has 0 radical (unpaired) electrons. The minimum Gasteiger partial charge on any atom is -0.347 e. The Balaban J connectivity index is 0.00000400. The molecule has 1 fully saturated rings. The normalized spacial score (nSPS) is 14.5. The van der Waals surface area contributed by atoms with Crippen molar-refractivity contribution in [2.24, 2.45) is 4.99 Å². The van der Waals surface area contributed by atoms with Gasteiger partial charge >= 0.3 is 0 Å². The summed E-state index contributed by atoms with van der Waals surface area (Å²) >= 11 is 0. The second kappa shape index (κ2) is 9.80. The quantitative estimate of drug-likeness (QED) is 0.396. The minimum absolute atomic E-state index is 0. The lowest BCUT2D eigenvalue weighted by Crippen LogP contribution is -2.44. The van der Waals surface area contributed by atoms with Gasteiger partial charge in [-0.25, -0.2) is 4.99 Å². The molecule has 0 bridgehead atoms. The molecular formula is C13H26IN5O2. The standard InChI is InChI=1S/C13H25N5O2.HI/c1-16(2)11(19)9-14-13(18-7-5-6-8-18)15-10-12(20)17(3)4;/h5-10H2,1-4H3,(H,14,15);1H. The van der Waals surface area contributed by atoms with Gasteiger partial charge in [-0.3, -0.25) is 9.59 Å². The molecule has 0 aromatic rings. The van der Waals surface area contributed by atoms with Crippen LogP contribution in [0.4, 0.5) is 0 Å². The van der Waals surface area contributed by atoms with Crippen LogP contribution in [0.15, 0.2) is 4.99 Å². The van der Waals surface area contributed by atoms with Gasteiger partial charge in [0.25, 0.3) is 0 Å². The summed E-state index contributed by atoms with van der Waals surface area (Å²) in [6.07, 6.45) is 2.23. The molecule has 0 aliphatic carbocycles. The van der Waals surface area contributed by atoms with Crippen LogP contribution >= 0.6 is 24.0 Å². The third kappa shape index (κ3) is 6.96. The summed E-state index contributed by atoms with van der Waals surface area (Å²) in [5.74, 6) is 0.575. The van der Waals surface area contributed by atoms with Crippen molar-refractivity contribution >= 4 is 41.8 Å². The summed E-state index contributed by atoms with van der Waals surface area (Å²) < 4.78 is 0. The molecule has 21 heavy (non-hydrogen) atoms. The van der Waals surface area contributed by atoms with Crippen LogP contribution in [-0.2, 0) is 9.59 Å². The van der Waals surface area contributed by atoms with Crippen molar-refractivity contribution < 1.29 is 9.59 Å². The number of hydrogen-bond donors (Lipinski definition) is 1. The number of aliphatic imine (C=N–C) groups is 1. The van der Waals surface area contributed by atoms with Crippen LogP contribution in [0.25, 0.3) is 0 Å². The molecule has 8 heteroatoms. The molecule has 0 aromatic heterocycles. The summed E-state index contributed by atoms with van der Waals surface area (Å²) in [7, 11) is 6.84. The van der Waals surface area contributed by atoms with Crippen LogP contribution in [0.1, 0.15) is 12.8 Å². The molecule has 1 rings (SSSR count). The molecule has 0 atom stereocenters. The SMILES string of the molecule is CN(C)C(=O)CN=C(NCC(=O)N(C)C)N1CCCC1.I. The molecule has 2 amide bonds. The topological polar surface area (TPSA) is 68.2 Å². The Labute approximate surface area is 143 Å². The lowest BCUT2D eigenvalue weighted by atomic mass is 10.4. The second-order valence-electron chi connectivity index (χ2n) is 5.26. The Bertz CT molecular complexity index is 379. The maximum absolute atomic E-state index is 11.6. The largest absolute Gasteiger partial charge is 0.347 e. The first kappa shape index (κ1) is 19.9. The minimum atomic E-state index is -0.0533. The van der Waals surface area contributed by atoms with Gasteiger partial charge in [-0.2, -0.15) is 0 Å². The summed E-state index contributed by atoms with van der Waals surface area (Å²) in [5, 5.41) is 3.05. The first-order chi connectivity index (χ1) is 9.41. The third-order valence-electron chi connectivity index (χ3n) is 3.17. The zero-order valence-corrected chi connectivity index (χ0v) is 15.6. The number of hydrogen-bond acceptors (Lipinski definition) is 3. The van der Waals surface area contributed by atoms with Crippen molar-refractivity contribution in [1.29, 1.82) is 0 Å². The molecular weight excluding hydrogens is 385 g/mol. The summed E-state index contributed by atoms with van der Waals surface area (Å²) in [4.78, 5) is 32.7. The number of likely N-dealkylation sites (tertiary alicyclic amines) is 1. The predicted molar refractivity (Wildman–Crippen MR) is 93.9 cm³/mol. The summed E-state index contributed by atoms with van der Waals surface area (Å²) in [6.45, 7) is 2.12. The van der Waals surface area contributed by atoms with Crippen LogP contribution in [0.3, 0.4) is 0 Å². The first-order valence-electron chi connectivity index (χ1n) is 6.85. The fraction of sp³-hybridized carbons (Fsp3) is 0.769. The molecule has 0 aromatic carbocycles. The number of halogens is 1. The molecule has 1 N–H and O–H groups in total. The highest BCUT2D eigenvalue weighted by Crippen LogP contribution is 2.07. The van der Waals surface area contributed by atoms with Gasteiger partial charge in [0.05, 0.1) is 6.54 Å². The highest BCUT2D eigenvalue weighted by Gasteiger charge is 2.17. The van der Waals surface area contributed by atoms with Gasteiger partial charge in [-0.15, -0.1) is 24.0 Å². The highest BCUT2D eigenvalue weighted by atomic mass is 127. The van der Waals surface area contributed by atoms with Crippen molar-refractivity contribution in [3.8, 4) is 0 Å². The van der Waals surface area contributed by atoms with E-state index in [0.29, 0.717) is 5.96 Å². The van der Waals surface area contributed by atoms with Crippen molar-refractivity contribution in [1.82, 2.24) is 20.0 Å². The molecule has 1 aliphatic rings. The molecule has 0 unspecified atom stereocenters. The van der Waals surface area contributed by atoms with Crippen LogP contribution in [0, 0.1) is 0 Å². The van der Waals surface area contributed by atoms with Crippen molar-refractivity contribution in [2.75, 3.05) is 54.4 Å². The van der Waals surface area contributed by atoms with Gasteiger partial charge in [0.2, 0.25) is 11.8 Å². The van der Waals surface area contributed by atoms with Crippen LogP contribution < -0.4 is 5.32 Å². The Morgan fingerprint density at radius 3 is 2.05 bits per heavy atom. The van der Waals surface area contributed by atoms with Gasteiger partial charge < -0.3 is 20.0 Å². The fourth-order valence-corrected chi connectivity index (χ4v) is 1.79. The zero-order chi connectivity index (χ0) is 15.1. The van der Waals surface area contributed by atoms with E-state index in [9.17, 15) is 9.59 Å². The van der Waals surface area contributed by atoms with E-state index in [1.165, 1.54) is 9.80 Å². The average Bonchev–Trinajstić information content (AvgIpc) is 2.91. The molecule has 1 heterocycles. The van der Waals surface area contributed by atoms with E-state index in [4.69, 9.17) is 0 Å². The number of nitrogens with zero attached hydrogens (tertiary/aromatic N) is 4. The molecule has 0 saturated carbocycles. The number of guanidine groups is 1. The molecule has 0 spiro atoms. The number of amides is 2. The van der Waals surface area contributed by atoms with Gasteiger partial charge in [0.1, 0.15) is 6.54 Å². The van der Waals surface area contributed by atoms with Gasteiger partial charge in [-0.1, -0.05) is 0 Å². The van der Waals surface area contributed by atoms with E-state index < -0.39 is 0 Å². The maximum Gasteiger partial charge on any atom is 0.243 e. The molecule has 1 aliphatic heterocycles. The predicted octanol–water partition coefficient (Wildman–Crippen LogP) is -0.178. The lowest BCUT2D eigenvalue weighted by Gasteiger charge is -2.22.